The number of carbonyl (C=O) groups is 10. The van der Waals surface area contributed by atoms with Crippen LogP contribution in [0, 0.1) is 0 Å². The summed E-state index contributed by atoms with van der Waals surface area (Å²) in [4.78, 5) is 196. The quantitative estimate of drug-likeness (QED) is 0.222. The van der Waals surface area contributed by atoms with Gasteiger partial charge in [-0.05, 0) is 128 Å². The maximum atomic E-state index is 15.7. The average Bonchev–Trinajstić information content (AvgIpc) is 1.59. The van der Waals surface area contributed by atoms with E-state index in [0.29, 0.717) is 0 Å². The average molecular weight is 1520 g/mol. The zero-order chi connectivity index (χ0) is 74.2. The third-order valence-corrected chi connectivity index (χ3v) is 32.9. The van der Waals surface area contributed by atoms with Crippen molar-refractivity contribution < 1.29 is 47.9 Å². The van der Waals surface area contributed by atoms with Gasteiger partial charge in [-0.15, -0.1) is 0 Å². The molecule has 11 saturated heterocycles. The molecule has 0 unspecified atom stereocenters. The molecule has 30 nitrogen and oxygen atoms in total. The first-order valence-electron chi connectivity index (χ1n) is 44.5. The molecule has 20 atom stereocenters. The molecule has 110 heavy (non-hydrogen) atoms. The molecule has 20 bridgehead atoms. The van der Waals surface area contributed by atoms with Crippen molar-refractivity contribution in [3.63, 3.8) is 0 Å². The Bertz CT molecular complexity index is 2730. The van der Waals surface area contributed by atoms with Gasteiger partial charge in [0, 0.05) is 0 Å². The largest absolute Gasteiger partial charge is 0.323 e. The highest BCUT2D eigenvalue weighted by atomic mass is 16.2. The summed E-state index contributed by atoms with van der Waals surface area (Å²) in [5, 5.41) is 0. The number of rotatable bonds is 0. The Balaban J connectivity index is 0.606. The van der Waals surface area contributed by atoms with Crippen molar-refractivity contribution in [3.8, 4) is 0 Å². The summed E-state index contributed by atoms with van der Waals surface area (Å²) in [6, 6.07) is -4.32. The van der Waals surface area contributed by atoms with Crippen LogP contribution in [-0.2, 0) is 0 Å². The van der Waals surface area contributed by atoms with Gasteiger partial charge in [-0.25, -0.2) is 47.9 Å². The molecule has 0 radical (unpaired) electrons. The molecule has 11 aliphatic heterocycles. The molecule has 0 aromatic carbocycles. The van der Waals surface area contributed by atoms with Crippen LogP contribution in [0.3, 0.4) is 0 Å². The smallest absolute Gasteiger partial charge is 0.302 e. The Hall–Kier alpha value is -7.30. The lowest BCUT2D eigenvalue weighted by atomic mass is 9.89. The monoisotopic (exact) mass is 1520 g/mol. The second-order valence-corrected chi connectivity index (χ2v) is 37.8. The van der Waals surface area contributed by atoms with Gasteiger partial charge in [-0.3, -0.25) is 0 Å². The fourth-order valence-corrected chi connectivity index (χ4v) is 27.6. The lowest BCUT2D eigenvalue weighted by molar-refractivity contribution is 0.110. The maximum Gasteiger partial charge on any atom is 0.323 e. The molecule has 11 heterocycles. The minimum atomic E-state index is -0.146. The number of urea groups is 10. The van der Waals surface area contributed by atoms with E-state index in [4.69, 9.17) is 0 Å². The number of hydrogen-bond acceptors (Lipinski definition) is 10. The van der Waals surface area contributed by atoms with Crippen LogP contribution in [-0.4, -0.2) is 346 Å². The van der Waals surface area contributed by atoms with Crippen molar-refractivity contribution in [1.82, 2.24) is 98.0 Å². The molecule has 0 aromatic heterocycles. The van der Waals surface area contributed by atoms with E-state index >= 15 is 47.9 Å². The van der Waals surface area contributed by atoms with Crippen LogP contribution >= 0.6 is 0 Å². The van der Waals surface area contributed by atoms with Crippen molar-refractivity contribution in [1.29, 1.82) is 0 Å². The Morgan fingerprint density at radius 3 is 0.218 bits per heavy atom. The van der Waals surface area contributed by atoms with Crippen molar-refractivity contribution >= 4 is 60.3 Å². The van der Waals surface area contributed by atoms with Gasteiger partial charge < -0.3 is 98.0 Å². The molecule has 0 aromatic rings. The van der Waals surface area contributed by atoms with Crippen LogP contribution in [0.2, 0.25) is 0 Å². The van der Waals surface area contributed by atoms with Gasteiger partial charge in [0.1, 0.15) is 0 Å². The Kier molecular flexibility index (Phi) is 17.8. The lowest BCUT2D eigenvalue weighted by Crippen LogP contribution is -2.50. The minimum Gasteiger partial charge on any atom is -0.302 e. The van der Waals surface area contributed by atoms with Gasteiger partial charge in [0.15, 0.2) is 0 Å². The SMILES string of the molecule is O=C1N2CN3C(=O)N(CN4C(=O)N(CN5C(=O)N(CN6C(=O)N(CN7C(=O)N(CN8C(=O)N(CN9C(=O)N(CN%10C(=O)N(CN%11C(=O)N(CN1[C@@H]1CCCC[C@H]12)[C@@H]1CCCC[C@H]1%11)[C@@H]1CCCC[C@H]1%10)[C@@H]1CCCC[C@H]19)[C@@H]1CCCC[C@H]18)[C@@H]1CCCC[C@H]17)[C@@H]1CCCC[C@H]16)[C@@H]1CCCC[C@H]15)[C@@H]1CCCC[C@H]14)[C@@H]1CCCC[C@H]13. The summed E-state index contributed by atoms with van der Waals surface area (Å²) < 4.78 is 0. The first-order valence-corrected chi connectivity index (χ1v) is 44.5. The molecule has 21 aliphatic rings. The molecule has 0 spiro atoms. The Labute approximate surface area is 647 Å². The van der Waals surface area contributed by atoms with Crippen molar-refractivity contribution in [2.75, 3.05) is 66.7 Å². The third-order valence-electron chi connectivity index (χ3n) is 32.9. The second kappa shape index (κ2) is 27.8. The predicted molar refractivity (Wildman–Crippen MR) is 400 cm³/mol. The van der Waals surface area contributed by atoms with Gasteiger partial charge in [0.25, 0.3) is 0 Å². The van der Waals surface area contributed by atoms with E-state index in [1.165, 1.54) is 0 Å². The number of carbonyl (C=O) groups excluding carboxylic acids is 10. The van der Waals surface area contributed by atoms with Crippen molar-refractivity contribution in [2.45, 2.75) is 378 Å². The van der Waals surface area contributed by atoms with Crippen LogP contribution in [0.4, 0.5) is 47.9 Å². The van der Waals surface area contributed by atoms with E-state index in [9.17, 15) is 0 Å². The fraction of sp³-hybridized carbons (Fsp3) is 0.875. The van der Waals surface area contributed by atoms with Crippen molar-refractivity contribution in [2.24, 2.45) is 0 Å². The first kappa shape index (κ1) is 70.6. The van der Waals surface area contributed by atoms with Crippen LogP contribution in [0.5, 0.6) is 0 Å². The number of amides is 20. The summed E-state index contributed by atoms with van der Waals surface area (Å²) in [5.74, 6) is 0. The standard InChI is InChI=1S/C80H120N20O10/c101-71-81-41-83-53-23-3-4-24-54(53)85(72(83)102)43-87-57-27-7-8-28-58(57)89(74(87)104)45-91-61-31-11-12-32-62(61)93(76(91)106)47-95-65-35-15-16-36-66(65)97(78(95)108)49-99-69-39-19-20-40-70(69)100(80(99)110)50-98-68-38-18-17-37-67(68)96(79(98)109)48-94-64-34-14-13-33-63(64)92(77(94)107)46-90-60-30-10-9-29-59(60)88(75(90)105)44-86-56-26-6-5-25-55(56)84(73(86)103)42-82(71)52-22-2-1-21-51(52)81/h51-70H,1-50H2/t51-,52-,53-,54-,55-,56-,57-,58-,59-,60-,61-,62-,63-,64-,65-,66-,67-,68-,69-,70-/m1/s1. The zero-order valence-electron chi connectivity index (χ0n) is 64.9. The van der Waals surface area contributed by atoms with Crippen LogP contribution in [0.1, 0.15) is 257 Å². The van der Waals surface area contributed by atoms with Gasteiger partial charge in [0.2, 0.25) is 0 Å². The number of nitrogens with zero attached hydrogens (tertiary/aromatic N) is 20. The van der Waals surface area contributed by atoms with E-state index in [1.54, 1.807) is 0 Å². The molecular weight excluding hydrogens is 1400 g/mol. The summed E-state index contributed by atoms with van der Waals surface area (Å²) in [5.41, 5.74) is 0. The minimum absolute atomic E-state index is 0.137. The molecular formula is C80H120N20O10. The van der Waals surface area contributed by atoms with Crippen LogP contribution in [0.25, 0.3) is 0 Å². The number of fused-ring (bicyclic) bond motifs is 50. The third kappa shape index (κ3) is 10.9. The zero-order valence-corrected chi connectivity index (χ0v) is 64.9. The highest BCUT2D eigenvalue weighted by Gasteiger charge is 2.63. The molecule has 21 rings (SSSR count). The van der Waals surface area contributed by atoms with Gasteiger partial charge in [-0.2, -0.15) is 0 Å². The topological polar surface area (TPSA) is 236 Å². The van der Waals surface area contributed by atoms with Gasteiger partial charge >= 0.3 is 60.3 Å². The normalized spacial score (nSPS) is 40.5. The van der Waals surface area contributed by atoms with Crippen LogP contribution < -0.4 is 0 Å². The highest BCUT2D eigenvalue weighted by Crippen LogP contribution is 2.49. The van der Waals surface area contributed by atoms with E-state index < -0.39 is 0 Å². The summed E-state index contributed by atoms with van der Waals surface area (Å²) in [7, 11) is 0. The lowest BCUT2D eigenvalue weighted by Gasteiger charge is -2.37. The molecule has 600 valence electrons. The summed E-state index contributed by atoms with van der Waals surface area (Å²) in [6.45, 7) is 1.37. The van der Waals surface area contributed by atoms with Crippen LogP contribution in [0.15, 0.2) is 0 Å². The summed E-state index contributed by atoms with van der Waals surface area (Å²) >= 11 is 0. The van der Waals surface area contributed by atoms with E-state index in [1.807, 2.05) is 98.0 Å². The molecule has 20 amide bonds. The Morgan fingerprint density at radius 2 is 0.164 bits per heavy atom. The maximum absolute atomic E-state index is 15.7. The van der Waals surface area contributed by atoms with E-state index in [-0.39, 0.29) is 248 Å². The van der Waals surface area contributed by atoms with Gasteiger partial charge in [-0.1, -0.05) is 128 Å². The molecule has 0 N–H and O–H groups in total. The van der Waals surface area contributed by atoms with E-state index in [0.717, 1.165) is 257 Å². The number of hydrogen-bond donors (Lipinski definition) is 0. The molecule has 21 fully saturated rings. The first-order chi connectivity index (χ1) is 53.8. The molecule has 10 aliphatic carbocycles. The van der Waals surface area contributed by atoms with Gasteiger partial charge in [0.05, 0.1) is 188 Å². The highest BCUT2D eigenvalue weighted by molar-refractivity contribution is 5.87. The van der Waals surface area contributed by atoms with Crippen molar-refractivity contribution in [3.05, 3.63) is 0 Å². The Morgan fingerprint density at radius 1 is 0.109 bits per heavy atom. The molecule has 30 heteroatoms. The fourth-order valence-electron chi connectivity index (χ4n) is 27.6. The molecule has 10 saturated carbocycles. The van der Waals surface area contributed by atoms with E-state index in [2.05, 4.69) is 0 Å². The predicted octanol–water partition coefficient (Wildman–Crippen LogP) is 10.1. The second-order valence-electron chi connectivity index (χ2n) is 37.8. The summed E-state index contributed by atoms with van der Waals surface area (Å²) in [6.07, 6.45) is 35.1.